The van der Waals surface area contributed by atoms with Crippen LogP contribution in [0.1, 0.15) is 57.6 Å². The molecule has 4 unspecified atom stereocenters. The molecule has 21 heavy (non-hydrogen) atoms. The van der Waals surface area contributed by atoms with Gasteiger partial charge in [-0.05, 0) is 31.2 Å². The first-order chi connectivity index (χ1) is 10.3. The molecule has 1 saturated heterocycles. The van der Waals surface area contributed by atoms with Crippen LogP contribution in [0.15, 0.2) is 30.3 Å². The van der Waals surface area contributed by atoms with Gasteiger partial charge in [0.25, 0.3) is 0 Å². The zero-order valence-electron chi connectivity index (χ0n) is 13.6. The van der Waals surface area contributed by atoms with Gasteiger partial charge in [0.1, 0.15) is 0 Å². The van der Waals surface area contributed by atoms with Crippen molar-refractivity contribution in [2.45, 2.75) is 64.1 Å². The Balaban J connectivity index is 1.74. The fourth-order valence-electron chi connectivity index (χ4n) is 4.36. The van der Waals surface area contributed by atoms with Gasteiger partial charge in [-0.25, -0.2) is 0 Å². The highest BCUT2D eigenvalue weighted by Crippen LogP contribution is 2.34. The van der Waals surface area contributed by atoms with Crippen LogP contribution in [0.2, 0.25) is 0 Å². The number of piperazine rings is 1. The molecule has 2 nitrogen and oxygen atoms in total. The molecule has 1 aliphatic carbocycles. The Morgan fingerprint density at radius 3 is 2.67 bits per heavy atom. The topological polar surface area (TPSA) is 15.3 Å². The molecule has 1 aromatic carbocycles. The fourth-order valence-corrected chi connectivity index (χ4v) is 4.36. The van der Waals surface area contributed by atoms with Crippen molar-refractivity contribution in [3.8, 4) is 0 Å². The van der Waals surface area contributed by atoms with Gasteiger partial charge in [0.15, 0.2) is 0 Å². The van der Waals surface area contributed by atoms with Gasteiger partial charge >= 0.3 is 0 Å². The summed E-state index contributed by atoms with van der Waals surface area (Å²) in [6, 6.07) is 13.0. The molecule has 1 aromatic rings. The molecule has 2 fully saturated rings. The quantitative estimate of drug-likeness (QED) is 0.904. The molecular formula is C19H30N2. The first-order valence-electron chi connectivity index (χ1n) is 8.83. The van der Waals surface area contributed by atoms with Gasteiger partial charge in [0, 0.05) is 31.2 Å². The normalized spacial score (nSPS) is 34.8. The summed E-state index contributed by atoms with van der Waals surface area (Å²) in [5.74, 6) is 0.913. The summed E-state index contributed by atoms with van der Waals surface area (Å²) >= 11 is 0. The van der Waals surface area contributed by atoms with Crippen molar-refractivity contribution in [2.24, 2.45) is 5.92 Å². The molecule has 0 bridgehead atoms. The van der Waals surface area contributed by atoms with Crippen molar-refractivity contribution < 1.29 is 0 Å². The third-order valence-electron chi connectivity index (χ3n) is 5.64. The minimum Gasteiger partial charge on any atom is -0.307 e. The van der Waals surface area contributed by atoms with E-state index in [0.29, 0.717) is 12.1 Å². The molecule has 4 atom stereocenters. The summed E-state index contributed by atoms with van der Waals surface area (Å²) in [4.78, 5) is 2.82. The number of hydrogen-bond acceptors (Lipinski definition) is 2. The Morgan fingerprint density at radius 1 is 1.14 bits per heavy atom. The van der Waals surface area contributed by atoms with Crippen LogP contribution in [0.25, 0.3) is 0 Å². The van der Waals surface area contributed by atoms with E-state index < -0.39 is 0 Å². The summed E-state index contributed by atoms with van der Waals surface area (Å²) in [7, 11) is 0. The van der Waals surface area contributed by atoms with E-state index in [2.05, 4.69) is 54.4 Å². The number of benzene rings is 1. The van der Waals surface area contributed by atoms with Crippen LogP contribution in [0.4, 0.5) is 0 Å². The van der Waals surface area contributed by atoms with E-state index >= 15 is 0 Å². The minimum atomic E-state index is 0.502. The highest BCUT2D eigenvalue weighted by Gasteiger charge is 2.35. The Hall–Kier alpha value is -0.860. The summed E-state index contributed by atoms with van der Waals surface area (Å²) in [5.41, 5.74) is 1.44. The lowest BCUT2D eigenvalue weighted by atomic mass is 9.80. The number of rotatable bonds is 3. The summed E-state index contributed by atoms with van der Waals surface area (Å²) in [6.07, 6.45) is 7.06. The summed E-state index contributed by atoms with van der Waals surface area (Å²) in [6.45, 7) is 7.07. The van der Waals surface area contributed by atoms with Crippen molar-refractivity contribution in [1.29, 1.82) is 0 Å². The zero-order valence-corrected chi connectivity index (χ0v) is 13.6. The van der Waals surface area contributed by atoms with Gasteiger partial charge in [-0.15, -0.1) is 0 Å². The molecule has 1 saturated carbocycles. The molecule has 2 heteroatoms. The van der Waals surface area contributed by atoms with Gasteiger partial charge < -0.3 is 5.32 Å². The van der Waals surface area contributed by atoms with E-state index in [-0.39, 0.29) is 0 Å². The Bertz CT molecular complexity index is 430. The maximum Gasteiger partial charge on any atom is 0.0450 e. The van der Waals surface area contributed by atoms with Crippen LogP contribution >= 0.6 is 0 Å². The maximum absolute atomic E-state index is 3.75. The molecule has 0 radical (unpaired) electrons. The SMILES string of the molecule is CCC1CCCCC1N1CC(c2ccccc2)NCC1C. The number of hydrogen-bond donors (Lipinski definition) is 1. The Kier molecular flexibility index (Phi) is 4.97. The van der Waals surface area contributed by atoms with E-state index in [1.165, 1.54) is 44.2 Å². The lowest BCUT2D eigenvalue weighted by Gasteiger charge is -2.47. The van der Waals surface area contributed by atoms with Crippen LogP contribution in [-0.2, 0) is 0 Å². The second kappa shape index (κ2) is 6.93. The summed E-state index contributed by atoms with van der Waals surface area (Å²) in [5, 5.41) is 3.75. The van der Waals surface area contributed by atoms with Crippen molar-refractivity contribution in [2.75, 3.05) is 13.1 Å². The van der Waals surface area contributed by atoms with Crippen LogP contribution < -0.4 is 5.32 Å². The molecule has 0 aromatic heterocycles. The largest absolute Gasteiger partial charge is 0.307 e. The van der Waals surface area contributed by atoms with E-state index in [9.17, 15) is 0 Å². The number of nitrogens with one attached hydrogen (secondary N) is 1. The highest BCUT2D eigenvalue weighted by atomic mass is 15.3. The zero-order chi connectivity index (χ0) is 14.7. The predicted molar refractivity (Wildman–Crippen MR) is 89.4 cm³/mol. The summed E-state index contributed by atoms with van der Waals surface area (Å²) < 4.78 is 0. The first-order valence-corrected chi connectivity index (χ1v) is 8.83. The van der Waals surface area contributed by atoms with Crippen LogP contribution in [0.5, 0.6) is 0 Å². The molecule has 1 aliphatic heterocycles. The van der Waals surface area contributed by atoms with E-state index in [0.717, 1.165) is 18.5 Å². The van der Waals surface area contributed by atoms with Crippen LogP contribution in [0.3, 0.4) is 0 Å². The average Bonchev–Trinajstić information content (AvgIpc) is 2.56. The van der Waals surface area contributed by atoms with E-state index in [1.54, 1.807) is 0 Å². The third-order valence-corrected chi connectivity index (χ3v) is 5.64. The van der Waals surface area contributed by atoms with Gasteiger partial charge in [0.05, 0.1) is 0 Å². The molecule has 0 amide bonds. The first kappa shape index (κ1) is 15.1. The number of nitrogens with zero attached hydrogens (tertiary/aromatic N) is 1. The van der Waals surface area contributed by atoms with Crippen molar-refractivity contribution in [3.05, 3.63) is 35.9 Å². The van der Waals surface area contributed by atoms with Crippen molar-refractivity contribution in [3.63, 3.8) is 0 Å². The second-order valence-electron chi connectivity index (χ2n) is 6.94. The Labute approximate surface area is 129 Å². The predicted octanol–water partition coefficient (Wildman–Crippen LogP) is 3.99. The molecule has 3 rings (SSSR count). The van der Waals surface area contributed by atoms with E-state index in [4.69, 9.17) is 0 Å². The van der Waals surface area contributed by atoms with Crippen molar-refractivity contribution >= 4 is 0 Å². The Morgan fingerprint density at radius 2 is 1.90 bits per heavy atom. The molecule has 1 N–H and O–H groups in total. The lowest BCUT2D eigenvalue weighted by molar-refractivity contribution is 0.0357. The van der Waals surface area contributed by atoms with Crippen LogP contribution in [0, 0.1) is 5.92 Å². The molecule has 116 valence electrons. The second-order valence-corrected chi connectivity index (χ2v) is 6.94. The molecular weight excluding hydrogens is 256 g/mol. The van der Waals surface area contributed by atoms with Gasteiger partial charge in [-0.1, -0.05) is 56.5 Å². The monoisotopic (exact) mass is 286 g/mol. The highest BCUT2D eigenvalue weighted by molar-refractivity contribution is 5.20. The smallest absolute Gasteiger partial charge is 0.0450 e. The van der Waals surface area contributed by atoms with Gasteiger partial charge in [-0.2, -0.15) is 0 Å². The average molecular weight is 286 g/mol. The third kappa shape index (κ3) is 3.32. The maximum atomic E-state index is 3.75. The fraction of sp³-hybridized carbons (Fsp3) is 0.684. The molecule has 1 heterocycles. The van der Waals surface area contributed by atoms with Gasteiger partial charge in [0.2, 0.25) is 0 Å². The lowest BCUT2D eigenvalue weighted by Crippen LogP contribution is -2.57. The molecule has 2 aliphatic rings. The van der Waals surface area contributed by atoms with E-state index in [1.807, 2.05) is 0 Å². The van der Waals surface area contributed by atoms with Crippen molar-refractivity contribution in [1.82, 2.24) is 10.2 Å². The standard InChI is InChI=1S/C19H30N2/c1-3-16-9-7-8-12-19(16)21-14-18(20-13-15(21)2)17-10-5-4-6-11-17/h4-6,10-11,15-16,18-20H,3,7-9,12-14H2,1-2H3. The van der Waals surface area contributed by atoms with Crippen LogP contribution in [-0.4, -0.2) is 30.1 Å². The molecule has 0 spiro atoms. The van der Waals surface area contributed by atoms with Gasteiger partial charge in [-0.3, -0.25) is 4.90 Å². The minimum absolute atomic E-state index is 0.502.